The summed E-state index contributed by atoms with van der Waals surface area (Å²) in [6, 6.07) is 11.2. The van der Waals surface area contributed by atoms with Gasteiger partial charge in [-0.15, -0.1) is 0 Å². The van der Waals surface area contributed by atoms with Crippen LogP contribution in [0.4, 0.5) is 11.4 Å². The molecule has 0 aliphatic rings. The van der Waals surface area contributed by atoms with Crippen LogP contribution in [0.2, 0.25) is 0 Å². The molecule has 2 amide bonds. The third kappa shape index (κ3) is 4.24. The lowest BCUT2D eigenvalue weighted by atomic mass is 10.1. The Labute approximate surface area is 147 Å². The summed E-state index contributed by atoms with van der Waals surface area (Å²) in [6.45, 7) is 4.69. The summed E-state index contributed by atoms with van der Waals surface area (Å²) in [7, 11) is -3.52. The molecule has 2 aromatic carbocycles. The molecular weight excluding hydrogens is 340 g/mol. The van der Waals surface area contributed by atoms with E-state index in [1.54, 1.807) is 37.3 Å². The van der Waals surface area contributed by atoms with Crippen LogP contribution in [0.1, 0.15) is 29.8 Å². The maximum atomic E-state index is 12.6. The van der Waals surface area contributed by atoms with E-state index in [1.807, 2.05) is 0 Å². The Kier molecular flexibility index (Phi) is 5.58. The summed E-state index contributed by atoms with van der Waals surface area (Å²) in [4.78, 5) is 23.9. The van der Waals surface area contributed by atoms with Crippen LogP contribution in [0, 0.1) is 6.92 Å². The molecule has 0 bridgehead atoms. The Morgan fingerprint density at radius 3 is 2.16 bits per heavy atom. The number of hydrogen-bond acceptors (Lipinski definition) is 4. The molecule has 2 N–H and O–H groups in total. The van der Waals surface area contributed by atoms with Crippen molar-refractivity contribution in [1.29, 1.82) is 0 Å². The molecule has 0 aliphatic carbocycles. The zero-order valence-electron chi connectivity index (χ0n) is 14.3. The molecule has 0 saturated carbocycles. The van der Waals surface area contributed by atoms with Crippen molar-refractivity contribution in [2.45, 2.75) is 25.7 Å². The minimum Gasteiger partial charge on any atom is -0.326 e. The van der Waals surface area contributed by atoms with Gasteiger partial charge in [0.1, 0.15) is 0 Å². The number of sulfone groups is 1. The van der Waals surface area contributed by atoms with Crippen molar-refractivity contribution in [3.63, 3.8) is 0 Å². The van der Waals surface area contributed by atoms with Crippen molar-refractivity contribution in [3.8, 4) is 0 Å². The van der Waals surface area contributed by atoms with Gasteiger partial charge in [0.25, 0.3) is 5.91 Å². The van der Waals surface area contributed by atoms with Crippen molar-refractivity contribution in [2.75, 3.05) is 16.4 Å². The largest absolute Gasteiger partial charge is 0.326 e. The minimum absolute atomic E-state index is 0.00525. The molecule has 2 aromatic rings. The molecule has 0 spiro atoms. The first-order chi connectivity index (χ1) is 11.8. The van der Waals surface area contributed by atoms with E-state index in [4.69, 9.17) is 0 Å². The molecule has 25 heavy (non-hydrogen) atoms. The van der Waals surface area contributed by atoms with Gasteiger partial charge in [0.05, 0.1) is 16.2 Å². The lowest BCUT2D eigenvalue weighted by Gasteiger charge is -2.14. The molecule has 0 atom stereocenters. The smallest absolute Gasteiger partial charge is 0.256 e. The predicted octanol–water partition coefficient (Wildman–Crippen LogP) is 3.00. The topological polar surface area (TPSA) is 92.3 Å². The first kappa shape index (κ1) is 18.7. The molecule has 0 saturated heterocycles. The number of rotatable bonds is 5. The van der Waals surface area contributed by atoms with Gasteiger partial charge in [-0.05, 0) is 36.8 Å². The number of amides is 2. The third-order valence-electron chi connectivity index (χ3n) is 3.74. The van der Waals surface area contributed by atoms with Gasteiger partial charge >= 0.3 is 0 Å². The van der Waals surface area contributed by atoms with Crippen LogP contribution in [0.15, 0.2) is 47.4 Å². The van der Waals surface area contributed by atoms with Gasteiger partial charge in [0.2, 0.25) is 5.91 Å². The number of carbonyl (C=O) groups is 2. The fourth-order valence-electron chi connectivity index (χ4n) is 2.37. The number of benzene rings is 2. The summed E-state index contributed by atoms with van der Waals surface area (Å²) in [6.07, 6.45) is 0. The van der Waals surface area contributed by atoms with E-state index in [-0.39, 0.29) is 22.1 Å². The molecule has 6 nitrogen and oxygen atoms in total. The molecule has 0 unspecified atom stereocenters. The van der Waals surface area contributed by atoms with E-state index in [0.717, 1.165) is 0 Å². The van der Waals surface area contributed by atoms with Gasteiger partial charge in [-0.2, -0.15) is 0 Å². The summed E-state index contributed by atoms with van der Waals surface area (Å²) < 4.78 is 24.4. The van der Waals surface area contributed by atoms with Crippen molar-refractivity contribution < 1.29 is 18.0 Å². The highest BCUT2D eigenvalue weighted by Gasteiger charge is 2.21. The number of hydrogen-bond donors (Lipinski definition) is 2. The highest BCUT2D eigenvalue weighted by Crippen LogP contribution is 2.25. The Balaban J connectivity index is 2.38. The molecule has 132 valence electrons. The fourth-order valence-corrected chi connectivity index (χ4v) is 3.46. The normalized spacial score (nSPS) is 11.0. The Morgan fingerprint density at radius 1 is 0.960 bits per heavy atom. The summed E-state index contributed by atoms with van der Waals surface area (Å²) in [5, 5.41) is 5.41. The van der Waals surface area contributed by atoms with Crippen LogP contribution >= 0.6 is 0 Å². The average Bonchev–Trinajstić information content (AvgIpc) is 2.58. The standard InChI is InChI=1S/C18H20N2O4S/c1-4-25(23,24)17-11-6-5-8-14(17)18(22)20-16-10-7-9-15(12(16)2)19-13(3)21/h5-11H,4H2,1-3H3,(H,19,21)(H,20,22). The first-order valence-electron chi connectivity index (χ1n) is 7.76. The van der Waals surface area contributed by atoms with Gasteiger partial charge in [-0.25, -0.2) is 8.42 Å². The Morgan fingerprint density at radius 2 is 1.56 bits per heavy atom. The maximum Gasteiger partial charge on any atom is 0.256 e. The van der Waals surface area contributed by atoms with Crippen molar-refractivity contribution in [3.05, 3.63) is 53.6 Å². The summed E-state index contributed by atoms with van der Waals surface area (Å²) in [5.74, 6) is -0.824. The molecule has 0 fully saturated rings. The summed E-state index contributed by atoms with van der Waals surface area (Å²) >= 11 is 0. The lowest BCUT2D eigenvalue weighted by molar-refractivity contribution is -0.114. The van der Waals surface area contributed by atoms with Gasteiger partial charge in [0.15, 0.2) is 9.84 Å². The molecular formula is C18H20N2O4S. The van der Waals surface area contributed by atoms with E-state index in [2.05, 4.69) is 10.6 Å². The van der Waals surface area contributed by atoms with E-state index in [1.165, 1.54) is 26.0 Å². The highest BCUT2D eigenvalue weighted by molar-refractivity contribution is 7.91. The highest BCUT2D eigenvalue weighted by atomic mass is 32.2. The maximum absolute atomic E-state index is 12.6. The average molecular weight is 360 g/mol. The molecule has 2 rings (SSSR count). The van der Waals surface area contributed by atoms with Gasteiger partial charge < -0.3 is 10.6 Å². The molecule has 7 heteroatoms. The van der Waals surface area contributed by atoms with Crippen molar-refractivity contribution >= 4 is 33.0 Å². The van der Waals surface area contributed by atoms with E-state index >= 15 is 0 Å². The molecule has 0 radical (unpaired) electrons. The number of carbonyl (C=O) groups excluding carboxylic acids is 2. The minimum atomic E-state index is -3.52. The predicted molar refractivity (Wildman–Crippen MR) is 97.6 cm³/mol. The van der Waals surface area contributed by atoms with E-state index in [9.17, 15) is 18.0 Å². The first-order valence-corrected chi connectivity index (χ1v) is 9.42. The summed E-state index contributed by atoms with van der Waals surface area (Å²) in [5.41, 5.74) is 1.86. The Hall–Kier alpha value is -2.67. The number of nitrogens with one attached hydrogen (secondary N) is 2. The van der Waals surface area contributed by atoms with Crippen LogP contribution in [0.25, 0.3) is 0 Å². The molecule has 0 aliphatic heterocycles. The second-order valence-corrected chi connectivity index (χ2v) is 7.76. The monoisotopic (exact) mass is 360 g/mol. The van der Waals surface area contributed by atoms with E-state index in [0.29, 0.717) is 16.9 Å². The second-order valence-electron chi connectivity index (χ2n) is 5.51. The van der Waals surface area contributed by atoms with Crippen LogP contribution in [0.5, 0.6) is 0 Å². The quantitative estimate of drug-likeness (QED) is 0.857. The van der Waals surface area contributed by atoms with Crippen LogP contribution < -0.4 is 10.6 Å². The SMILES string of the molecule is CCS(=O)(=O)c1ccccc1C(=O)Nc1cccc(NC(C)=O)c1C. The van der Waals surface area contributed by atoms with Gasteiger partial charge in [-0.1, -0.05) is 25.1 Å². The van der Waals surface area contributed by atoms with Crippen molar-refractivity contribution in [2.24, 2.45) is 0 Å². The zero-order valence-corrected chi connectivity index (χ0v) is 15.1. The molecule has 0 heterocycles. The van der Waals surface area contributed by atoms with Gasteiger partial charge in [0, 0.05) is 18.3 Å². The van der Waals surface area contributed by atoms with E-state index < -0.39 is 15.7 Å². The van der Waals surface area contributed by atoms with Crippen molar-refractivity contribution in [1.82, 2.24) is 0 Å². The van der Waals surface area contributed by atoms with Gasteiger partial charge in [-0.3, -0.25) is 9.59 Å². The Bertz CT molecular complexity index is 920. The molecule has 0 aromatic heterocycles. The van der Waals surface area contributed by atoms with Crippen LogP contribution in [-0.4, -0.2) is 26.0 Å². The second kappa shape index (κ2) is 7.48. The lowest BCUT2D eigenvalue weighted by Crippen LogP contribution is -2.18. The fraction of sp³-hybridized carbons (Fsp3) is 0.222. The third-order valence-corrected chi connectivity index (χ3v) is 5.53. The van der Waals surface area contributed by atoms with Crippen LogP contribution in [0.3, 0.4) is 0 Å². The zero-order chi connectivity index (χ0) is 18.6. The number of anilines is 2. The van der Waals surface area contributed by atoms with Crippen LogP contribution in [-0.2, 0) is 14.6 Å².